The Morgan fingerprint density at radius 2 is 1.89 bits per heavy atom. The first kappa shape index (κ1) is 24.6. The summed E-state index contributed by atoms with van der Waals surface area (Å²) in [4.78, 5) is 5.94. The molecular formula is C29H33ClN2O2S. The molecule has 2 aromatic carbocycles. The molecule has 0 unspecified atom stereocenters. The fourth-order valence-electron chi connectivity index (χ4n) is 4.19. The Hall–Kier alpha value is -2.05. The van der Waals surface area contributed by atoms with Gasteiger partial charge < -0.3 is 15.2 Å². The molecule has 1 heterocycles. The standard InChI is InChI=1S/C29H33ClN2O2S/c30-26-11-10-24(35-17-5-1-4-15-31)18-22(26)20-33-29(13-14-29)28-19-21(12-16-32-28)25-6-2-3-7-27(25)34-23-8-9-23/h2-3,6-7,10-12,16,18-19,23H,1,4-5,8-9,13-15,17,20,31H2. The Bertz CT molecular complexity index is 1150. The number of benzene rings is 2. The molecule has 6 heteroatoms. The Kier molecular flexibility index (Phi) is 7.98. The smallest absolute Gasteiger partial charge is 0.127 e. The van der Waals surface area contributed by atoms with Gasteiger partial charge in [0.1, 0.15) is 11.4 Å². The molecule has 0 radical (unpaired) electrons. The van der Waals surface area contributed by atoms with Crippen molar-refractivity contribution < 1.29 is 9.47 Å². The highest BCUT2D eigenvalue weighted by Crippen LogP contribution is 2.50. The van der Waals surface area contributed by atoms with Crippen molar-refractivity contribution in [3.63, 3.8) is 0 Å². The number of aromatic nitrogens is 1. The van der Waals surface area contributed by atoms with Gasteiger partial charge in [-0.3, -0.25) is 4.98 Å². The molecule has 0 aliphatic heterocycles. The number of pyridine rings is 1. The molecule has 2 saturated carbocycles. The number of halogens is 1. The van der Waals surface area contributed by atoms with Crippen LogP contribution < -0.4 is 10.5 Å². The molecule has 2 fully saturated rings. The summed E-state index contributed by atoms with van der Waals surface area (Å²) in [5, 5.41) is 0.751. The minimum atomic E-state index is -0.336. The summed E-state index contributed by atoms with van der Waals surface area (Å²) in [7, 11) is 0. The first-order valence-corrected chi connectivity index (χ1v) is 14.0. The fourth-order valence-corrected chi connectivity index (χ4v) is 5.34. The third kappa shape index (κ3) is 6.39. The van der Waals surface area contributed by atoms with Crippen LogP contribution in [0, 0.1) is 0 Å². The summed E-state index contributed by atoms with van der Waals surface area (Å²) >= 11 is 8.40. The zero-order valence-corrected chi connectivity index (χ0v) is 21.6. The lowest BCUT2D eigenvalue weighted by atomic mass is 10.0. The van der Waals surface area contributed by atoms with Crippen LogP contribution in [0.3, 0.4) is 0 Å². The fraction of sp³-hybridized carbons (Fsp3) is 0.414. The van der Waals surface area contributed by atoms with Crippen molar-refractivity contribution in [2.75, 3.05) is 12.3 Å². The van der Waals surface area contributed by atoms with Gasteiger partial charge in [0.2, 0.25) is 0 Å². The van der Waals surface area contributed by atoms with Crippen LogP contribution in [0.4, 0.5) is 0 Å². The highest BCUT2D eigenvalue weighted by Gasteiger charge is 2.47. The van der Waals surface area contributed by atoms with Crippen molar-refractivity contribution in [2.45, 2.75) is 68.2 Å². The molecule has 2 aliphatic carbocycles. The first-order valence-electron chi connectivity index (χ1n) is 12.6. The average molecular weight is 509 g/mol. The molecule has 184 valence electrons. The third-order valence-electron chi connectivity index (χ3n) is 6.59. The maximum atomic E-state index is 6.53. The molecule has 0 amide bonds. The molecule has 5 rings (SSSR count). The zero-order valence-electron chi connectivity index (χ0n) is 20.0. The van der Waals surface area contributed by atoms with Gasteiger partial charge in [0.05, 0.1) is 18.4 Å². The molecule has 0 atom stereocenters. The number of rotatable bonds is 13. The van der Waals surface area contributed by atoms with Crippen LogP contribution in [0.2, 0.25) is 5.02 Å². The molecule has 2 N–H and O–H groups in total. The summed E-state index contributed by atoms with van der Waals surface area (Å²) in [6.45, 7) is 1.25. The van der Waals surface area contributed by atoms with Crippen LogP contribution in [-0.4, -0.2) is 23.4 Å². The van der Waals surface area contributed by atoms with E-state index in [9.17, 15) is 0 Å². The number of para-hydroxylation sites is 1. The Morgan fingerprint density at radius 3 is 2.69 bits per heavy atom. The quantitative estimate of drug-likeness (QED) is 0.193. The molecule has 0 bridgehead atoms. The van der Waals surface area contributed by atoms with Gasteiger partial charge in [-0.2, -0.15) is 0 Å². The number of unbranched alkanes of at least 4 members (excludes halogenated alkanes) is 2. The van der Waals surface area contributed by atoms with Crippen molar-refractivity contribution in [1.82, 2.24) is 4.98 Å². The summed E-state index contributed by atoms with van der Waals surface area (Å²) in [6.07, 6.45) is 9.92. The van der Waals surface area contributed by atoms with Crippen molar-refractivity contribution in [1.29, 1.82) is 0 Å². The van der Waals surface area contributed by atoms with E-state index < -0.39 is 0 Å². The van der Waals surface area contributed by atoms with Crippen LogP contribution in [-0.2, 0) is 16.9 Å². The minimum absolute atomic E-state index is 0.336. The van der Waals surface area contributed by atoms with Crippen LogP contribution in [0.5, 0.6) is 5.75 Å². The highest BCUT2D eigenvalue weighted by molar-refractivity contribution is 7.99. The van der Waals surface area contributed by atoms with Gasteiger partial charge in [0.25, 0.3) is 0 Å². The van der Waals surface area contributed by atoms with Crippen molar-refractivity contribution in [2.24, 2.45) is 5.73 Å². The SMILES string of the molecule is NCCCCCSc1ccc(Cl)c(COC2(c3cc(-c4ccccc4OC4CC4)ccn3)CC2)c1. The van der Waals surface area contributed by atoms with Crippen LogP contribution in [0.15, 0.2) is 65.7 Å². The largest absolute Gasteiger partial charge is 0.490 e. The number of nitrogens with zero attached hydrogens (tertiary/aromatic N) is 1. The number of hydrogen-bond donors (Lipinski definition) is 1. The van der Waals surface area contributed by atoms with E-state index in [1.165, 1.54) is 17.7 Å². The van der Waals surface area contributed by atoms with E-state index in [0.717, 1.165) is 77.6 Å². The zero-order chi connectivity index (χ0) is 24.1. The van der Waals surface area contributed by atoms with Crippen molar-refractivity contribution in [3.8, 4) is 16.9 Å². The van der Waals surface area contributed by atoms with Gasteiger partial charge in [0.15, 0.2) is 0 Å². The Balaban J connectivity index is 1.26. The lowest BCUT2D eigenvalue weighted by molar-refractivity contribution is 0.0142. The number of hydrogen-bond acceptors (Lipinski definition) is 5. The van der Waals surface area contributed by atoms with E-state index in [1.807, 2.05) is 30.1 Å². The third-order valence-corrected chi connectivity index (χ3v) is 8.03. The van der Waals surface area contributed by atoms with Gasteiger partial charge in [0, 0.05) is 21.7 Å². The van der Waals surface area contributed by atoms with E-state index in [2.05, 4.69) is 42.5 Å². The number of ether oxygens (including phenoxy) is 2. The van der Waals surface area contributed by atoms with E-state index >= 15 is 0 Å². The molecule has 0 saturated heterocycles. The lowest BCUT2D eigenvalue weighted by Gasteiger charge is -2.18. The van der Waals surface area contributed by atoms with E-state index in [0.29, 0.717) is 12.7 Å². The minimum Gasteiger partial charge on any atom is -0.490 e. The normalized spacial score (nSPS) is 16.3. The Labute approximate surface area is 217 Å². The maximum Gasteiger partial charge on any atom is 0.127 e. The second kappa shape index (κ2) is 11.3. The lowest BCUT2D eigenvalue weighted by Crippen LogP contribution is -2.14. The van der Waals surface area contributed by atoms with Gasteiger partial charge in [-0.15, -0.1) is 11.8 Å². The number of nitrogens with two attached hydrogens (primary N) is 1. The van der Waals surface area contributed by atoms with Gasteiger partial charge in [-0.05, 0) is 98.3 Å². The second-order valence-electron chi connectivity index (χ2n) is 9.48. The summed E-state index contributed by atoms with van der Waals surface area (Å²) in [5.41, 5.74) is 9.50. The molecule has 0 spiro atoms. The van der Waals surface area contributed by atoms with Crippen molar-refractivity contribution in [3.05, 3.63) is 77.1 Å². The molecular weight excluding hydrogens is 476 g/mol. The van der Waals surface area contributed by atoms with Gasteiger partial charge >= 0.3 is 0 Å². The molecule has 35 heavy (non-hydrogen) atoms. The maximum absolute atomic E-state index is 6.53. The summed E-state index contributed by atoms with van der Waals surface area (Å²) < 4.78 is 12.7. The van der Waals surface area contributed by atoms with E-state index in [-0.39, 0.29) is 5.60 Å². The summed E-state index contributed by atoms with van der Waals surface area (Å²) in [5.74, 6) is 2.04. The molecule has 1 aromatic heterocycles. The van der Waals surface area contributed by atoms with E-state index in [4.69, 9.17) is 31.8 Å². The van der Waals surface area contributed by atoms with E-state index in [1.54, 1.807) is 0 Å². The molecule has 2 aliphatic rings. The molecule has 4 nitrogen and oxygen atoms in total. The van der Waals surface area contributed by atoms with Crippen LogP contribution in [0.25, 0.3) is 11.1 Å². The van der Waals surface area contributed by atoms with Gasteiger partial charge in [-0.1, -0.05) is 36.2 Å². The number of thioether (sulfide) groups is 1. The Morgan fingerprint density at radius 1 is 1.03 bits per heavy atom. The predicted molar refractivity (Wildman–Crippen MR) is 144 cm³/mol. The first-order chi connectivity index (χ1) is 17.2. The monoisotopic (exact) mass is 508 g/mol. The predicted octanol–water partition coefficient (Wildman–Crippen LogP) is 7.37. The van der Waals surface area contributed by atoms with Crippen LogP contribution in [0.1, 0.15) is 56.2 Å². The average Bonchev–Trinajstić information content (AvgIpc) is 3.81. The highest BCUT2D eigenvalue weighted by atomic mass is 35.5. The molecule has 3 aromatic rings. The topological polar surface area (TPSA) is 57.4 Å². The van der Waals surface area contributed by atoms with Crippen LogP contribution >= 0.6 is 23.4 Å². The summed E-state index contributed by atoms with van der Waals surface area (Å²) in [6, 6.07) is 18.7. The second-order valence-corrected chi connectivity index (χ2v) is 11.1. The van der Waals surface area contributed by atoms with Gasteiger partial charge in [-0.25, -0.2) is 0 Å². The van der Waals surface area contributed by atoms with Crippen molar-refractivity contribution >= 4 is 23.4 Å².